The summed E-state index contributed by atoms with van der Waals surface area (Å²) in [6, 6.07) is 12.3. The zero-order valence-electron chi connectivity index (χ0n) is 14.6. The van der Waals surface area contributed by atoms with Crippen molar-refractivity contribution < 1.29 is 19.0 Å². The van der Waals surface area contributed by atoms with Crippen LogP contribution in [0.1, 0.15) is 21.7 Å². The van der Waals surface area contributed by atoms with E-state index in [9.17, 15) is 4.79 Å². The number of ether oxygens (including phenoxy) is 3. The molecule has 0 radical (unpaired) electrons. The maximum absolute atomic E-state index is 12.6. The third kappa shape index (κ3) is 4.01. The van der Waals surface area contributed by atoms with Gasteiger partial charge in [0.25, 0.3) is 5.91 Å². The summed E-state index contributed by atoms with van der Waals surface area (Å²) in [5.74, 6) is 1.67. The van der Waals surface area contributed by atoms with Gasteiger partial charge in [0.05, 0.1) is 17.4 Å². The van der Waals surface area contributed by atoms with Crippen molar-refractivity contribution in [3.63, 3.8) is 0 Å². The number of anilines is 1. The van der Waals surface area contributed by atoms with E-state index in [-0.39, 0.29) is 5.91 Å². The van der Waals surface area contributed by atoms with Crippen LogP contribution in [0, 0.1) is 6.92 Å². The molecule has 0 bridgehead atoms. The van der Waals surface area contributed by atoms with Crippen LogP contribution in [0.5, 0.6) is 17.2 Å². The Morgan fingerprint density at radius 3 is 2.81 bits per heavy atom. The molecule has 138 valence electrons. The van der Waals surface area contributed by atoms with Crippen molar-refractivity contribution in [2.45, 2.75) is 13.5 Å². The number of benzene rings is 2. The Morgan fingerprint density at radius 1 is 1.15 bits per heavy atom. The molecular weight excluding hydrogens is 366 g/mol. The second-order valence-electron chi connectivity index (χ2n) is 5.93. The summed E-state index contributed by atoms with van der Waals surface area (Å²) in [5, 5.41) is 2.86. The molecule has 1 aliphatic heterocycles. The molecule has 3 aromatic rings. The Balaban J connectivity index is 1.43. The predicted octanol–water partition coefficient (Wildman–Crippen LogP) is 3.45. The lowest BCUT2D eigenvalue weighted by atomic mass is 10.2. The summed E-state index contributed by atoms with van der Waals surface area (Å²) in [5.41, 5.74) is 2.79. The highest BCUT2D eigenvalue weighted by molar-refractivity contribution is 6.99. The third-order valence-electron chi connectivity index (χ3n) is 4.02. The van der Waals surface area contributed by atoms with Gasteiger partial charge in [-0.25, -0.2) is 0 Å². The van der Waals surface area contributed by atoms with Crippen LogP contribution in [0.3, 0.4) is 0 Å². The molecule has 2 aromatic carbocycles. The number of carbonyl (C=O) groups is 1. The summed E-state index contributed by atoms with van der Waals surface area (Å²) in [7, 11) is 0. The molecule has 8 heteroatoms. The Kier molecular flexibility index (Phi) is 4.88. The van der Waals surface area contributed by atoms with E-state index in [2.05, 4.69) is 14.1 Å². The molecule has 0 atom stereocenters. The Morgan fingerprint density at radius 2 is 2.00 bits per heavy atom. The molecule has 0 saturated heterocycles. The van der Waals surface area contributed by atoms with E-state index in [1.807, 2.05) is 6.92 Å². The van der Waals surface area contributed by atoms with Crippen molar-refractivity contribution in [2.24, 2.45) is 0 Å². The number of amides is 1. The second kappa shape index (κ2) is 7.63. The highest BCUT2D eigenvalue weighted by Gasteiger charge is 2.14. The smallest absolute Gasteiger partial charge is 0.255 e. The molecule has 7 nitrogen and oxygen atoms in total. The number of nitrogens with zero attached hydrogens (tertiary/aromatic N) is 2. The normalized spacial score (nSPS) is 12.5. The van der Waals surface area contributed by atoms with Crippen LogP contribution in [-0.2, 0) is 6.61 Å². The average Bonchev–Trinajstić information content (AvgIpc) is 3.11. The fourth-order valence-corrected chi connectivity index (χ4v) is 3.14. The number of nitrogens with one attached hydrogen (secondary N) is 1. The van der Waals surface area contributed by atoms with Crippen molar-refractivity contribution in [3.8, 4) is 17.2 Å². The first-order valence-corrected chi connectivity index (χ1v) is 9.14. The summed E-state index contributed by atoms with van der Waals surface area (Å²) in [6.07, 6.45) is 0. The standard InChI is InChI=1S/C19H17N3O4S/c1-12-16(22-27-21-12)11-26-15-4-2-3-13(9-15)19(23)20-14-5-6-17-18(10-14)25-8-7-24-17/h2-6,9-10H,7-8,11H2,1H3,(H,20,23). The van der Waals surface area contributed by atoms with Gasteiger partial charge in [-0.1, -0.05) is 6.07 Å². The van der Waals surface area contributed by atoms with Gasteiger partial charge in [0, 0.05) is 17.3 Å². The Bertz CT molecular complexity index is 973. The first-order valence-electron chi connectivity index (χ1n) is 8.41. The molecule has 1 amide bonds. The maximum Gasteiger partial charge on any atom is 0.255 e. The first-order chi connectivity index (χ1) is 13.2. The monoisotopic (exact) mass is 383 g/mol. The molecule has 4 rings (SSSR count). The van der Waals surface area contributed by atoms with Crippen LogP contribution in [0.25, 0.3) is 0 Å². The van der Waals surface area contributed by atoms with Gasteiger partial charge in [-0.15, -0.1) is 0 Å². The van der Waals surface area contributed by atoms with Crippen LogP contribution in [-0.4, -0.2) is 27.9 Å². The number of fused-ring (bicyclic) bond motifs is 1. The summed E-state index contributed by atoms with van der Waals surface area (Å²) in [4.78, 5) is 12.6. The van der Waals surface area contributed by atoms with Crippen LogP contribution in [0.2, 0.25) is 0 Å². The Labute approximate surface area is 160 Å². The van der Waals surface area contributed by atoms with Crippen LogP contribution < -0.4 is 19.5 Å². The highest BCUT2D eigenvalue weighted by atomic mass is 32.1. The van der Waals surface area contributed by atoms with Crippen molar-refractivity contribution >= 4 is 23.3 Å². The number of carbonyl (C=O) groups excluding carboxylic acids is 1. The van der Waals surface area contributed by atoms with Gasteiger partial charge in [0.1, 0.15) is 31.3 Å². The van der Waals surface area contributed by atoms with Gasteiger partial charge in [-0.3, -0.25) is 4.79 Å². The SMILES string of the molecule is Cc1nsnc1COc1cccc(C(=O)Nc2ccc3c(c2)OCCO3)c1. The van der Waals surface area contributed by atoms with Crippen molar-refractivity contribution in [1.82, 2.24) is 8.75 Å². The van der Waals surface area contributed by atoms with E-state index in [0.717, 1.165) is 23.1 Å². The predicted molar refractivity (Wildman–Crippen MR) is 101 cm³/mol. The molecular formula is C19H17N3O4S. The fraction of sp³-hybridized carbons (Fsp3) is 0.211. The van der Waals surface area contributed by atoms with Gasteiger partial charge in [0.15, 0.2) is 11.5 Å². The van der Waals surface area contributed by atoms with Gasteiger partial charge in [-0.05, 0) is 37.3 Å². The zero-order valence-corrected chi connectivity index (χ0v) is 15.4. The van der Waals surface area contributed by atoms with Gasteiger partial charge in [-0.2, -0.15) is 8.75 Å². The van der Waals surface area contributed by atoms with Crippen LogP contribution in [0.15, 0.2) is 42.5 Å². The molecule has 0 unspecified atom stereocenters. The minimum absolute atomic E-state index is 0.233. The van der Waals surface area contributed by atoms with E-state index in [4.69, 9.17) is 14.2 Å². The van der Waals surface area contributed by atoms with E-state index < -0.39 is 0 Å². The topological polar surface area (TPSA) is 82.6 Å². The Hall–Kier alpha value is -3.13. The number of hydrogen-bond acceptors (Lipinski definition) is 7. The third-order valence-corrected chi connectivity index (χ3v) is 4.68. The largest absolute Gasteiger partial charge is 0.487 e. The van der Waals surface area contributed by atoms with Crippen molar-refractivity contribution in [3.05, 3.63) is 59.4 Å². The van der Waals surface area contributed by atoms with Crippen molar-refractivity contribution in [1.29, 1.82) is 0 Å². The zero-order chi connectivity index (χ0) is 18.6. The quantitative estimate of drug-likeness (QED) is 0.727. The molecule has 2 heterocycles. The van der Waals surface area contributed by atoms with Crippen LogP contribution in [0.4, 0.5) is 5.69 Å². The van der Waals surface area contributed by atoms with Gasteiger partial charge < -0.3 is 19.5 Å². The number of rotatable bonds is 5. The molecule has 0 saturated carbocycles. The summed E-state index contributed by atoms with van der Waals surface area (Å²) < 4.78 is 25.1. The molecule has 1 aromatic heterocycles. The molecule has 27 heavy (non-hydrogen) atoms. The fourth-order valence-electron chi connectivity index (χ4n) is 2.58. The summed E-state index contributed by atoms with van der Waals surface area (Å²) in [6.45, 7) is 3.23. The first kappa shape index (κ1) is 17.3. The van der Waals surface area contributed by atoms with Crippen LogP contribution >= 0.6 is 11.7 Å². The lowest BCUT2D eigenvalue weighted by Crippen LogP contribution is -2.16. The molecule has 1 N–H and O–H groups in total. The van der Waals surface area contributed by atoms with E-state index in [1.165, 1.54) is 0 Å². The van der Waals surface area contributed by atoms with Gasteiger partial charge in [0.2, 0.25) is 0 Å². The van der Waals surface area contributed by atoms with E-state index in [1.54, 1.807) is 42.5 Å². The average molecular weight is 383 g/mol. The molecule has 0 spiro atoms. The lowest BCUT2D eigenvalue weighted by molar-refractivity contribution is 0.102. The van der Waals surface area contributed by atoms with E-state index >= 15 is 0 Å². The van der Waals surface area contributed by atoms with Gasteiger partial charge >= 0.3 is 0 Å². The minimum Gasteiger partial charge on any atom is -0.487 e. The summed E-state index contributed by atoms with van der Waals surface area (Å²) >= 11 is 1.16. The number of hydrogen-bond donors (Lipinski definition) is 1. The van der Waals surface area contributed by atoms with E-state index in [0.29, 0.717) is 48.3 Å². The lowest BCUT2D eigenvalue weighted by Gasteiger charge is -2.19. The molecule has 0 aliphatic carbocycles. The molecule has 0 fully saturated rings. The minimum atomic E-state index is -0.233. The highest BCUT2D eigenvalue weighted by Crippen LogP contribution is 2.32. The van der Waals surface area contributed by atoms with Crippen molar-refractivity contribution in [2.75, 3.05) is 18.5 Å². The number of aryl methyl sites for hydroxylation is 1. The maximum atomic E-state index is 12.6. The number of aromatic nitrogens is 2. The molecule has 1 aliphatic rings. The second-order valence-corrected chi connectivity index (χ2v) is 6.45.